The Bertz CT molecular complexity index is 373. The first-order valence-corrected chi connectivity index (χ1v) is 8.06. The Labute approximate surface area is 120 Å². The number of piperidine rings is 2. The van der Waals surface area contributed by atoms with Crippen molar-refractivity contribution in [3.63, 3.8) is 0 Å². The Hall–Kier alpha value is -1.10. The molecule has 2 amide bonds. The van der Waals surface area contributed by atoms with Gasteiger partial charge < -0.3 is 10.6 Å². The van der Waals surface area contributed by atoms with E-state index < -0.39 is 0 Å². The Morgan fingerprint density at radius 3 is 2.45 bits per heavy atom. The first kappa shape index (κ1) is 13.9. The van der Waals surface area contributed by atoms with Crippen LogP contribution < -0.4 is 10.6 Å². The first-order valence-electron chi connectivity index (χ1n) is 8.06. The van der Waals surface area contributed by atoms with Gasteiger partial charge in [-0.2, -0.15) is 0 Å². The van der Waals surface area contributed by atoms with Gasteiger partial charge in [0.25, 0.3) is 0 Å². The lowest BCUT2D eigenvalue weighted by atomic mass is 9.84. The molecule has 1 saturated carbocycles. The maximum Gasteiger partial charge on any atom is 0.237 e. The highest BCUT2D eigenvalue weighted by molar-refractivity contribution is 5.82. The fourth-order valence-corrected chi connectivity index (χ4v) is 3.45. The minimum atomic E-state index is 0.0621. The third kappa shape index (κ3) is 2.97. The van der Waals surface area contributed by atoms with E-state index >= 15 is 0 Å². The van der Waals surface area contributed by atoms with Gasteiger partial charge in [-0.25, -0.2) is 0 Å². The summed E-state index contributed by atoms with van der Waals surface area (Å²) in [4.78, 5) is 26.1. The zero-order valence-corrected chi connectivity index (χ0v) is 12.1. The largest absolute Gasteiger partial charge is 0.355 e. The summed E-state index contributed by atoms with van der Waals surface area (Å²) in [6.07, 6.45) is 7.33. The monoisotopic (exact) mass is 279 g/mol. The van der Waals surface area contributed by atoms with Crippen molar-refractivity contribution in [2.75, 3.05) is 19.6 Å². The fourth-order valence-electron chi connectivity index (χ4n) is 3.45. The predicted molar refractivity (Wildman–Crippen MR) is 76.1 cm³/mol. The van der Waals surface area contributed by atoms with E-state index in [4.69, 9.17) is 0 Å². The van der Waals surface area contributed by atoms with Crippen molar-refractivity contribution >= 4 is 11.8 Å². The number of carbonyl (C=O) groups is 2. The van der Waals surface area contributed by atoms with Crippen LogP contribution in [0.15, 0.2) is 0 Å². The second-order valence-corrected chi connectivity index (χ2v) is 6.40. The van der Waals surface area contributed by atoms with Crippen molar-refractivity contribution < 1.29 is 9.59 Å². The lowest BCUT2D eigenvalue weighted by molar-refractivity contribution is -0.131. The molecule has 5 nitrogen and oxygen atoms in total. The van der Waals surface area contributed by atoms with E-state index in [-0.39, 0.29) is 23.8 Å². The molecule has 0 aromatic carbocycles. The zero-order valence-electron chi connectivity index (χ0n) is 12.1. The standard InChI is InChI=1S/C15H25N3O2/c19-14(11-3-1-4-11)17-12-6-9-18(10-7-12)13-5-2-8-16-15(13)20/h11-13H,1-10H2,(H,16,20)(H,17,19). The van der Waals surface area contributed by atoms with Crippen molar-refractivity contribution in [3.8, 4) is 0 Å². The van der Waals surface area contributed by atoms with Gasteiger partial charge in [0.05, 0.1) is 6.04 Å². The van der Waals surface area contributed by atoms with Crippen LogP contribution >= 0.6 is 0 Å². The molecule has 2 heterocycles. The smallest absolute Gasteiger partial charge is 0.237 e. The molecule has 5 heteroatoms. The normalized spacial score (nSPS) is 29.6. The molecule has 0 aromatic rings. The van der Waals surface area contributed by atoms with E-state index in [9.17, 15) is 9.59 Å². The second kappa shape index (κ2) is 6.12. The number of likely N-dealkylation sites (tertiary alicyclic amines) is 1. The molecule has 3 fully saturated rings. The van der Waals surface area contributed by atoms with Crippen molar-refractivity contribution in [1.29, 1.82) is 0 Å². The molecule has 20 heavy (non-hydrogen) atoms. The third-order valence-corrected chi connectivity index (χ3v) is 5.05. The number of nitrogens with one attached hydrogen (secondary N) is 2. The van der Waals surface area contributed by atoms with Crippen molar-refractivity contribution in [3.05, 3.63) is 0 Å². The van der Waals surface area contributed by atoms with Crippen LogP contribution in [-0.2, 0) is 9.59 Å². The Kier molecular flexibility index (Phi) is 4.24. The second-order valence-electron chi connectivity index (χ2n) is 6.40. The summed E-state index contributed by atoms with van der Waals surface area (Å²) in [5.74, 6) is 0.718. The Balaban J connectivity index is 1.44. The zero-order chi connectivity index (χ0) is 13.9. The van der Waals surface area contributed by atoms with Crippen molar-refractivity contribution in [2.45, 2.75) is 57.0 Å². The topological polar surface area (TPSA) is 61.4 Å². The lowest BCUT2D eigenvalue weighted by Crippen LogP contribution is -2.55. The van der Waals surface area contributed by atoms with E-state index in [0.29, 0.717) is 6.04 Å². The molecule has 3 rings (SSSR count). The molecule has 0 bridgehead atoms. The predicted octanol–water partition coefficient (Wildman–Crippen LogP) is 0.646. The molecule has 112 valence electrons. The minimum absolute atomic E-state index is 0.0621. The summed E-state index contributed by atoms with van der Waals surface area (Å²) in [5.41, 5.74) is 0. The molecule has 0 spiro atoms. The van der Waals surface area contributed by atoms with E-state index in [2.05, 4.69) is 15.5 Å². The average molecular weight is 279 g/mol. The van der Waals surface area contributed by atoms with Gasteiger partial charge in [-0.05, 0) is 38.5 Å². The van der Waals surface area contributed by atoms with Crippen molar-refractivity contribution in [2.24, 2.45) is 5.92 Å². The van der Waals surface area contributed by atoms with Gasteiger partial charge in [-0.15, -0.1) is 0 Å². The van der Waals surface area contributed by atoms with Gasteiger partial charge in [0, 0.05) is 31.6 Å². The molecule has 2 N–H and O–H groups in total. The number of hydrogen-bond donors (Lipinski definition) is 2. The highest BCUT2D eigenvalue weighted by Crippen LogP contribution is 2.27. The van der Waals surface area contributed by atoms with Gasteiger partial charge in [-0.3, -0.25) is 14.5 Å². The van der Waals surface area contributed by atoms with E-state index in [1.165, 1.54) is 6.42 Å². The Morgan fingerprint density at radius 1 is 1.10 bits per heavy atom. The van der Waals surface area contributed by atoms with Gasteiger partial charge >= 0.3 is 0 Å². The molecule has 2 aliphatic heterocycles. The molecule has 1 atom stereocenters. The molecule has 0 radical (unpaired) electrons. The van der Waals surface area contributed by atoms with Crippen LogP contribution in [0.2, 0.25) is 0 Å². The number of rotatable bonds is 3. The van der Waals surface area contributed by atoms with Crippen molar-refractivity contribution in [1.82, 2.24) is 15.5 Å². The van der Waals surface area contributed by atoms with Crippen LogP contribution in [0.3, 0.4) is 0 Å². The van der Waals surface area contributed by atoms with Crippen LogP contribution in [0.5, 0.6) is 0 Å². The van der Waals surface area contributed by atoms with E-state index in [1.54, 1.807) is 0 Å². The Morgan fingerprint density at radius 2 is 1.85 bits per heavy atom. The van der Waals surface area contributed by atoms with Gasteiger partial charge in [0.1, 0.15) is 0 Å². The summed E-state index contributed by atoms with van der Waals surface area (Å²) >= 11 is 0. The summed E-state index contributed by atoms with van der Waals surface area (Å²) < 4.78 is 0. The maximum atomic E-state index is 11.9. The summed E-state index contributed by atoms with van der Waals surface area (Å²) in [7, 11) is 0. The van der Waals surface area contributed by atoms with Crippen LogP contribution in [0.1, 0.15) is 44.9 Å². The molecule has 1 unspecified atom stereocenters. The first-order chi connectivity index (χ1) is 9.74. The molecule has 2 saturated heterocycles. The van der Waals surface area contributed by atoms with Crippen LogP contribution in [-0.4, -0.2) is 48.4 Å². The molecule has 1 aliphatic carbocycles. The molecular formula is C15H25N3O2. The highest BCUT2D eigenvalue weighted by atomic mass is 16.2. The molecule has 0 aromatic heterocycles. The summed E-state index contributed by atoms with van der Waals surface area (Å²) in [6, 6.07) is 0.373. The third-order valence-electron chi connectivity index (χ3n) is 5.05. The van der Waals surface area contributed by atoms with Gasteiger partial charge in [0.15, 0.2) is 0 Å². The summed E-state index contributed by atoms with van der Waals surface area (Å²) in [6.45, 7) is 2.67. The fraction of sp³-hybridized carbons (Fsp3) is 0.867. The SMILES string of the molecule is O=C(NC1CCN(C2CCCNC2=O)CC1)C1CCC1. The van der Waals surface area contributed by atoms with E-state index in [0.717, 1.165) is 58.2 Å². The molecular weight excluding hydrogens is 254 g/mol. The molecule has 3 aliphatic rings. The van der Waals surface area contributed by atoms with Gasteiger partial charge in [-0.1, -0.05) is 6.42 Å². The number of nitrogens with zero attached hydrogens (tertiary/aromatic N) is 1. The lowest BCUT2D eigenvalue weighted by Gasteiger charge is -2.39. The average Bonchev–Trinajstić information content (AvgIpc) is 2.38. The quantitative estimate of drug-likeness (QED) is 0.797. The van der Waals surface area contributed by atoms with Crippen LogP contribution in [0, 0.1) is 5.92 Å². The maximum absolute atomic E-state index is 11.9. The van der Waals surface area contributed by atoms with E-state index in [1.807, 2.05) is 0 Å². The highest BCUT2D eigenvalue weighted by Gasteiger charge is 2.33. The van der Waals surface area contributed by atoms with Crippen LogP contribution in [0.4, 0.5) is 0 Å². The number of amides is 2. The summed E-state index contributed by atoms with van der Waals surface area (Å²) in [5, 5.41) is 6.14. The minimum Gasteiger partial charge on any atom is -0.355 e. The number of carbonyl (C=O) groups excluding carboxylic acids is 2. The number of hydrogen-bond acceptors (Lipinski definition) is 3. The van der Waals surface area contributed by atoms with Gasteiger partial charge in [0.2, 0.25) is 11.8 Å². The van der Waals surface area contributed by atoms with Crippen LogP contribution in [0.25, 0.3) is 0 Å².